The maximum absolute atomic E-state index is 10.3. The highest BCUT2D eigenvalue weighted by molar-refractivity contribution is 5.23. The second kappa shape index (κ2) is 4.75. The number of aliphatic hydroxyl groups excluding tert-OH is 1. The largest absolute Gasteiger partial charge is 0.356 e. The maximum atomic E-state index is 10.3. The van der Waals surface area contributed by atoms with E-state index < -0.39 is 6.41 Å². The second-order valence-corrected chi connectivity index (χ2v) is 5.41. The lowest BCUT2D eigenvalue weighted by Gasteiger charge is -2.43. The van der Waals surface area contributed by atoms with Crippen LogP contribution in [-0.2, 0) is 4.74 Å². The summed E-state index contributed by atoms with van der Waals surface area (Å²) in [6.07, 6.45) is 0.816. The normalized spacial score (nSPS) is 19.6. The van der Waals surface area contributed by atoms with E-state index in [0.29, 0.717) is 13.1 Å². The summed E-state index contributed by atoms with van der Waals surface area (Å²) in [7, 11) is 0. The Morgan fingerprint density at radius 3 is 2.72 bits per heavy atom. The SMILES string of the molecule is CC(C)(C)OC(O)N1CC(n2ccc(N=O)n2)C1. The third kappa shape index (κ3) is 2.92. The van der Waals surface area contributed by atoms with Crippen molar-refractivity contribution in [3.8, 4) is 0 Å². The standard InChI is InChI=1S/C11H18N4O3/c1-11(2,3)18-10(16)14-6-8(7-14)15-5-4-9(12-15)13-17/h4-5,8,10,16H,6-7H2,1-3H3. The van der Waals surface area contributed by atoms with Gasteiger partial charge in [-0.25, -0.2) is 0 Å². The molecule has 0 amide bonds. The van der Waals surface area contributed by atoms with Crippen molar-refractivity contribution < 1.29 is 9.84 Å². The summed E-state index contributed by atoms with van der Waals surface area (Å²) in [5.41, 5.74) is -0.384. The van der Waals surface area contributed by atoms with E-state index in [2.05, 4.69) is 10.3 Å². The predicted molar refractivity (Wildman–Crippen MR) is 65.1 cm³/mol. The number of nitroso groups, excluding NO2 is 1. The van der Waals surface area contributed by atoms with Gasteiger partial charge in [0, 0.05) is 25.4 Å². The van der Waals surface area contributed by atoms with Crippen molar-refractivity contribution in [3.63, 3.8) is 0 Å². The minimum atomic E-state index is -0.902. The first kappa shape index (κ1) is 13.1. The first-order chi connectivity index (χ1) is 8.39. The molecule has 0 aliphatic carbocycles. The molecule has 7 nitrogen and oxygen atoms in total. The van der Waals surface area contributed by atoms with E-state index >= 15 is 0 Å². The summed E-state index contributed by atoms with van der Waals surface area (Å²) in [6, 6.07) is 1.72. The Labute approximate surface area is 105 Å². The molecule has 1 saturated heterocycles. The van der Waals surface area contributed by atoms with Gasteiger partial charge < -0.3 is 9.84 Å². The highest BCUT2D eigenvalue weighted by atomic mass is 16.6. The van der Waals surface area contributed by atoms with Crippen LogP contribution in [0.1, 0.15) is 26.8 Å². The summed E-state index contributed by atoms with van der Waals surface area (Å²) in [6.45, 7) is 6.95. The van der Waals surface area contributed by atoms with Gasteiger partial charge in [0.1, 0.15) is 0 Å². The molecule has 1 aromatic heterocycles. The molecular formula is C11H18N4O3. The Hall–Kier alpha value is -1.31. The summed E-state index contributed by atoms with van der Waals surface area (Å²) in [5, 5.41) is 16.6. The Balaban J connectivity index is 1.84. The van der Waals surface area contributed by atoms with Crippen LogP contribution in [0.5, 0.6) is 0 Å². The van der Waals surface area contributed by atoms with Crippen LogP contribution in [0.15, 0.2) is 17.4 Å². The number of hydrogen-bond acceptors (Lipinski definition) is 6. The molecule has 0 bridgehead atoms. The van der Waals surface area contributed by atoms with E-state index in [-0.39, 0.29) is 17.5 Å². The lowest BCUT2D eigenvalue weighted by Crippen LogP contribution is -2.55. The highest BCUT2D eigenvalue weighted by Crippen LogP contribution is 2.25. The first-order valence-corrected chi connectivity index (χ1v) is 5.87. The van der Waals surface area contributed by atoms with Crippen LogP contribution >= 0.6 is 0 Å². The Morgan fingerprint density at radius 2 is 2.22 bits per heavy atom. The van der Waals surface area contributed by atoms with Crippen molar-refractivity contribution in [2.75, 3.05) is 13.1 Å². The van der Waals surface area contributed by atoms with Crippen LogP contribution in [0.2, 0.25) is 0 Å². The van der Waals surface area contributed by atoms with Gasteiger partial charge in [-0.2, -0.15) is 0 Å². The summed E-state index contributed by atoms with van der Waals surface area (Å²) < 4.78 is 7.13. The molecule has 1 N–H and O–H groups in total. The van der Waals surface area contributed by atoms with Crippen molar-refractivity contribution >= 4 is 5.82 Å². The molecule has 2 rings (SSSR count). The number of aliphatic hydroxyl groups is 1. The predicted octanol–water partition coefficient (Wildman–Crippen LogP) is 1.23. The van der Waals surface area contributed by atoms with Crippen molar-refractivity contribution in [2.45, 2.75) is 38.8 Å². The van der Waals surface area contributed by atoms with Gasteiger partial charge in [-0.05, 0) is 25.9 Å². The number of aromatic nitrogens is 2. The number of nitrogens with zero attached hydrogens (tertiary/aromatic N) is 4. The molecule has 2 heterocycles. The zero-order chi connectivity index (χ0) is 13.3. The summed E-state index contributed by atoms with van der Waals surface area (Å²) in [5.74, 6) is 0.180. The van der Waals surface area contributed by atoms with Gasteiger partial charge in [0.15, 0.2) is 0 Å². The van der Waals surface area contributed by atoms with Crippen molar-refractivity contribution in [2.24, 2.45) is 5.18 Å². The Bertz CT molecular complexity index is 420. The molecule has 1 aliphatic heterocycles. The average molecular weight is 254 g/mol. The zero-order valence-corrected chi connectivity index (χ0v) is 10.8. The van der Waals surface area contributed by atoms with Gasteiger partial charge in [0.05, 0.1) is 11.6 Å². The smallest absolute Gasteiger partial charge is 0.217 e. The lowest BCUT2D eigenvalue weighted by molar-refractivity contribution is -0.259. The molecule has 0 radical (unpaired) electrons. The van der Waals surface area contributed by atoms with Crippen LogP contribution in [0, 0.1) is 4.91 Å². The monoisotopic (exact) mass is 254 g/mol. The second-order valence-electron chi connectivity index (χ2n) is 5.41. The number of ether oxygens (including phenoxy) is 1. The molecule has 18 heavy (non-hydrogen) atoms. The van der Waals surface area contributed by atoms with Crippen LogP contribution in [0.25, 0.3) is 0 Å². The van der Waals surface area contributed by atoms with Crippen molar-refractivity contribution in [3.05, 3.63) is 17.2 Å². The van der Waals surface area contributed by atoms with E-state index in [9.17, 15) is 10.0 Å². The molecular weight excluding hydrogens is 236 g/mol. The fraction of sp³-hybridized carbons (Fsp3) is 0.727. The van der Waals surface area contributed by atoms with Gasteiger partial charge in [0.2, 0.25) is 12.2 Å². The average Bonchev–Trinajstić information content (AvgIpc) is 2.60. The Kier molecular flexibility index (Phi) is 3.47. The fourth-order valence-corrected chi connectivity index (χ4v) is 1.81. The summed E-state index contributed by atoms with van der Waals surface area (Å²) in [4.78, 5) is 12.1. The molecule has 1 fully saturated rings. The summed E-state index contributed by atoms with van der Waals surface area (Å²) >= 11 is 0. The third-order valence-electron chi connectivity index (χ3n) is 2.72. The topological polar surface area (TPSA) is 80.0 Å². The molecule has 0 spiro atoms. The van der Waals surface area contributed by atoms with E-state index in [1.165, 1.54) is 0 Å². The van der Waals surface area contributed by atoms with Crippen LogP contribution in [-0.4, -0.2) is 44.9 Å². The fourth-order valence-electron chi connectivity index (χ4n) is 1.81. The van der Waals surface area contributed by atoms with Crippen LogP contribution < -0.4 is 0 Å². The third-order valence-corrected chi connectivity index (χ3v) is 2.72. The molecule has 1 atom stereocenters. The minimum Gasteiger partial charge on any atom is -0.356 e. The lowest BCUT2D eigenvalue weighted by atomic mass is 10.1. The molecule has 1 aromatic rings. The number of likely N-dealkylation sites (tertiary alicyclic amines) is 1. The van der Waals surface area contributed by atoms with Gasteiger partial charge in [-0.3, -0.25) is 9.58 Å². The highest BCUT2D eigenvalue weighted by Gasteiger charge is 2.35. The first-order valence-electron chi connectivity index (χ1n) is 5.87. The van der Waals surface area contributed by atoms with Crippen molar-refractivity contribution in [1.82, 2.24) is 14.7 Å². The van der Waals surface area contributed by atoms with E-state index in [1.807, 2.05) is 20.8 Å². The van der Waals surface area contributed by atoms with E-state index in [4.69, 9.17) is 4.74 Å². The van der Waals surface area contributed by atoms with Crippen LogP contribution in [0.3, 0.4) is 0 Å². The van der Waals surface area contributed by atoms with Gasteiger partial charge in [-0.1, -0.05) is 0 Å². The molecule has 1 aliphatic rings. The van der Waals surface area contributed by atoms with Crippen LogP contribution in [0.4, 0.5) is 5.82 Å². The minimum absolute atomic E-state index is 0.152. The quantitative estimate of drug-likeness (QED) is 0.645. The Morgan fingerprint density at radius 1 is 1.56 bits per heavy atom. The zero-order valence-electron chi connectivity index (χ0n) is 10.8. The van der Waals surface area contributed by atoms with Crippen molar-refractivity contribution in [1.29, 1.82) is 0 Å². The van der Waals surface area contributed by atoms with E-state index in [1.54, 1.807) is 21.8 Å². The van der Waals surface area contributed by atoms with Gasteiger partial charge >= 0.3 is 0 Å². The molecule has 0 saturated carbocycles. The molecule has 0 aromatic carbocycles. The van der Waals surface area contributed by atoms with E-state index in [0.717, 1.165) is 0 Å². The molecule has 1 unspecified atom stereocenters. The molecule has 100 valence electrons. The maximum Gasteiger partial charge on any atom is 0.217 e. The van der Waals surface area contributed by atoms with Gasteiger partial charge in [0.25, 0.3) is 0 Å². The number of hydrogen-bond donors (Lipinski definition) is 1. The molecule has 7 heteroatoms. The van der Waals surface area contributed by atoms with Gasteiger partial charge in [-0.15, -0.1) is 10.0 Å². The number of rotatable bonds is 4.